The van der Waals surface area contributed by atoms with Gasteiger partial charge in [-0.15, -0.1) is 0 Å². The maximum atomic E-state index is 6.36. The topological polar surface area (TPSA) is 42.8 Å². The first-order valence-electron chi connectivity index (χ1n) is 16.0. The predicted octanol–water partition coefficient (Wildman–Crippen LogP) is 11.0. The van der Waals surface area contributed by atoms with Crippen LogP contribution < -0.4 is 4.74 Å². The monoisotopic (exact) mass is 605 g/mol. The Bertz CT molecular complexity index is 2590. The van der Waals surface area contributed by atoms with E-state index in [1.807, 2.05) is 24.3 Å². The molecule has 0 unspecified atom stereocenters. The number of nitrogens with zero attached hydrogens (tertiary/aromatic N) is 2. The van der Waals surface area contributed by atoms with Crippen LogP contribution in [0.3, 0.4) is 0 Å². The number of fused-ring (bicyclic) bond motifs is 4. The van der Waals surface area contributed by atoms with Gasteiger partial charge in [0.25, 0.3) is 0 Å². The molecule has 47 heavy (non-hydrogen) atoms. The normalized spacial score (nSPS) is 11.6. The van der Waals surface area contributed by atoms with Crippen molar-refractivity contribution in [3.8, 4) is 33.8 Å². The van der Waals surface area contributed by atoms with Crippen molar-refractivity contribution >= 4 is 43.5 Å². The second-order valence-corrected chi connectivity index (χ2v) is 12.2. The average molecular weight is 606 g/mol. The Morgan fingerprint density at radius 2 is 1.47 bits per heavy atom. The first-order chi connectivity index (χ1) is 23.2. The van der Waals surface area contributed by atoms with Crippen molar-refractivity contribution in [2.75, 3.05) is 0 Å². The maximum Gasteiger partial charge on any atom is 0.121 e. The van der Waals surface area contributed by atoms with Crippen LogP contribution in [0.15, 0.2) is 152 Å². The number of rotatable bonds is 6. The predicted molar refractivity (Wildman–Crippen MR) is 194 cm³/mol. The lowest BCUT2D eigenvalue weighted by atomic mass is 9.98. The Morgan fingerprint density at radius 1 is 0.660 bits per heavy atom. The summed E-state index contributed by atoms with van der Waals surface area (Å²) in [6, 6.07) is 49.0. The minimum atomic E-state index is 0.505. The molecule has 0 spiro atoms. The summed E-state index contributed by atoms with van der Waals surface area (Å²) in [5, 5.41) is 5.84. The largest absolute Gasteiger partial charge is 0.489 e. The van der Waals surface area contributed by atoms with E-state index in [9.17, 15) is 0 Å². The number of nitrogens with one attached hydrogen (secondary N) is 1. The number of benzene rings is 6. The zero-order valence-electron chi connectivity index (χ0n) is 25.9. The van der Waals surface area contributed by atoms with Crippen LogP contribution in [0.25, 0.3) is 71.6 Å². The molecule has 9 rings (SSSR count). The molecule has 6 aromatic carbocycles. The number of hydrogen-bond donors (Lipinski definition) is 1. The fraction of sp³-hybridized carbons (Fsp3) is 0.0465. The minimum Gasteiger partial charge on any atom is -0.489 e. The van der Waals surface area contributed by atoms with Gasteiger partial charge in [0.2, 0.25) is 0 Å². The van der Waals surface area contributed by atoms with Crippen molar-refractivity contribution in [3.63, 3.8) is 0 Å². The number of aromatic nitrogens is 3. The van der Waals surface area contributed by atoms with Gasteiger partial charge in [0.15, 0.2) is 0 Å². The molecule has 0 radical (unpaired) electrons. The van der Waals surface area contributed by atoms with E-state index in [4.69, 9.17) is 9.72 Å². The number of H-pyrrole nitrogens is 1. The smallest absolute Gasteiger partial charge is 0.121 e. The fourth-order valence-electron chi connectivity index (χ4n) is 6.85. The zero-order valence-corrected chi connectivity index (χ0v) is 25.9. The Morgan fingerprint density at radius 3 is 2.38 bits per heavy atom. The molecule has 0 saturated heterocycles. The highest BCUT2D eigenvalue weighted by Crippen LogP contribution is 2.39. The number of hydrogen-bond acceptors (Lipinski definition) is 2. The maximum absolute atomic E-state index is 6.36. The molecule has 0 aliphatic carbocycles. The molecule has 4 heteroatoms. The molecule has 0 amide bonds. The van der Waals surface area contributed by atoms with E-state index in [1.54, 1.807) is 0 Å². The molecular weight excluding hydrogens is 574 g/mol. The molecule has 9 aromatic rings. The molecule has 3 heterocycles. The summed E-state index contributed by atoms with van der Waals surface area (Å²) in [7, 11) is 0. The van der Waals surface area contributed by atoms with Gasteiger partial charge in [0.1, 0.15) is 12.4 Å². The second kappa shape index (κ2) is 11.0. The van der Waals surface area contributed by atoms with E-state index in [0.717, 1.165) is 50.1 Å². The molecule has 1 N–H and O–H groups in total. The lowest BCUT2D eigenvalue weighted by molar-refractivity contribution is 0.306. The summed E-state index contributed by atoms with van der Waals surface area (Å²) < 4.78 is 8.68. The van der Waals surface area contributed by atoms with Crippen LogP contribution in [0.1, 0.15) is 11.1 Å². The molecule has 3 aromatic heterocycles. The van der Waals surface area contributed by atoms with Crippen LogP contribution in [0.4, 0.5) is 0 Å². The molecule has 0 aliphatic rings. The van der Waals surface area contributed by atoms with Gasteiger partial charge in [-0.3, -0.25) is 0 Å². The van der Waals surface area contributed by atoms with Crippen molar-refractivity contribution < 1.29 is 4.74 Å². The van der Waals surface area contributed by atoms with Gasteiger partial charge in [-0.1, -0.05) is 97.1 Å². The van der Waals surface area contributed by atoms with Crippen LogP contribution in [0, 0.1) is 6.92 Å². The Labute approximate surface area is 272 Å². The number of pyridine rings is 1. The van der Waals surface area contributed by atoms with E-state index in [2.05, 4.69) is 144 Å². The molecule has 4 nitrogen and oxygen atoms in total. The lowest BCUT2D eigenvalue weighted by Crippen LogP contribution is -1.97. The van der Waals surface area contributed by atoms with Crippen molar-refractivity contribution in [1.29, 1.82) is 0 Å². The minimum absolute atomic E-state index is 0.505. The third-order valence-corrected chi connectivity index (χ3v) is 9.23. The highest BCUT2D eigenvalue weighted by Gasteiger charge is 2.18. The Hall–Kier alpha value is -6.13. The van der Waals surface area contributed by atoms with Gasteiger partial charge in [0, 0.05) is 56.6 Å². The molecule has 0 atom stereocenters. The van der Waals surface area contributed by atoms with Crippen LogP contribution in [-0.2, 0) is 6.61 Å². The standard InChI is InChI=1S/C43H31N3O/c1-28-10-9-16-36-37(25-44-43(28)36)32-22-31-14-5-7-15-34(31)41(23-32)46-26-38(40-21-18-30-13-6-8-17-39(30)45-40)35-20-19-33(24-42(35)46)47-27-29-11-3-2-4-12-29/h2-26,44H,27H2,1H3. The Balaban J connectivity index is 1.27. The van der Waals surface area contributed by atoms with Gasteiger partial charge >= 0.3 is 0 Å². The number of para-hydroxylation sites is 2. The molecule has 0 saturated carbocycles. The van der Waals surface area contributed by atoms with Crippen LogP contribution in [-0.4, -0.2) is 14.5 Å². The quantitative estimate of drug-likeness (QED) is 0.205. The summed E-state index contributed by atoms with van der Waals surface area (Å²) in [6.45, 7) is 2.66. The first-order valence-corrected chi connectivity index (χ1v) is 16.0. The summed E-state index contributed by atoms with van der Waals surface area (Å²) in [5.74, 6) is 0.825. The SMILES string of the molecule is Cc1cccc2c(-c3cc(-n4cc(-c5ccc6ccccc6n5)c5ccc(OCc6ccccc6)cc54)c4ccccc4c3)c[nH]c12. The number of aryl methyl sites for hydroxylation is 1. The van der Waals surface area contributed by atoms with Gasteiger partial charge in [-0.05, 0) is 65.4 Å². The van der Waals surface area contributed by atoms with E-state index in [1.165, 1.54) is 38.4 Å². The zero-order chi connectivity index (χ0) is 31.3. The van der Waals surface area contributed by atoms with Crippen LogP contribution in [0.5, 0.6) is 5.75 Å². The highest BCUT2D eigenvalue weighted by atomic mass is 16.5. The van der Waals surface area contributed by atoms with Gasteiger partial charge in [-0.2, -0.15) is 0 Å². The summed E-state index contributed by atoms with van der Waals surface area (Å²) >= 11 is 0. The van der Waals surface area contributed by atoms with E-state index in [0.29, 0.717) is 6.61 Å². The van der Waals surface area contributed by atoms with E-state index >= 15 is 0 Å². The van der Waals surface area contributed by atoms with Crippen molar-refractivity contribution in [1.82, 2.24) is 14.5 Å². The first kappa shape index (κ1) is 27.2. The van der Waals surface area contributed by atoms with Crippen LogP contribution in [0.2, 0.25) is 0 Å². The molecule has 224 valence electrons. The Kier molecular flexibility index (Phi) is 6.39. The van der Waals surface area contributed by atoms with E-state index in [-0.39, 0.29) is 0 Å². The van der Waals surface area contributed by atoms with Crippen molar-refractivity contribution in [2.45, 2.75) is 13.5 Å². The molecular formula is C43H31N3O. The number of aromatic amines is 1. The van der Waals surface area contributed by atoms with E-state index < -0.39 is 0 Å². The third kappa shape index (κ3) is 4.74. The lowest BCUT2D eigenvalue weighted by Gasteiger charge is -2.14. The molecule has 0 aliphatic heterocycles. The van der Waals surface area contributed by atoms with Gasteiger partial charge < -0.3 is 14.3 Å². The molecule has 0 bridgehead atoms. The summed E-state index contributed by atoms with van der Waals surface area (Å²) in [5.41, 5.74) is 11.1. The highest BCUT2D eigenvalue weighted by molar-refractivity contribution is 6.04. The third-order valence-electron chi connectivity index (χ3n) is 9.23. The summed E-state index contributed by atoms with van der Waals surface area (Å²) in [4.78, 5) is 8.65. The summed E-state index contributed by atoms with van der Waals surface area (Å²) in [6.07, 6.45) is 4.38. The number of ether oxygens (including phenoxy) is 1. The fourth-order valence-corrected chi connectivity index (χ4v) is 6.85. The van der Waals surface area contributed by atoms with Crippen molar-refractivity contribution in [2.24, 2.45) is 0 Å². The van der Waals surface area contributed by atoms with Crippen LogP contribution >= 0.6 is 0 Å². The van der Waals surface area contributed by atoms with Crippen molar-refractivity contribution in [3.05, 3.63) is 163 Å². The van der Waals surface area contributed by atoms with Gasteiger partial charge in [0.05, 0.1) is 22.4 Å². The average Bonchev–Trinajstić information content (AvgIpc) is 3.73. The molecule has 0 fully saturated rings. The van der Waals surface area contributed by atoms with Gasteiger partial charge in [-0.25, -0.2) is 4.98 Å². The second-order valence-electron chi connectivity index (χ2n) is 12.2.